The molecule has 5 rings (SSSR count). The summed E-state index contributed by atoms with van der Waals surface area (Å²) in [5.41, 5.74) is 8.34. The van der Waals surface area contributed by atoms with Crippen molar-refractivity contribution >= 4 is 27.4 Å². The zero-order valence-electron chi connectivity index (χ0n) is 18.5. The Labute approximate surface area is 200 Å². The second-order valence-corrected chi connectivity index (χ2v) is 8.91. The number of thiophene rings is 1. The van der Waals surface area contributed by atoms with Crippen LogP contribution in [0.4, 0.5) is 0 Å². The fraction of sp³-hybridized carbons (Fsp3) is 0.111. The van der Waals surface area contributed by atoms with E-state index in [-0.39, 0.29) is 11.5 Å². The summed E-state index contributed by atoms with van der Waals surface area (Å²) < 4.78 is 18.2. The van der Waals surface area contributed by atoms with E-state index in [0.717, 1.165) is 20.5 Å². The molecule has 1 aliphatic heterocycles. The largest absolute Gasteiger partial charge is 0.497 e. The van der Waals surface area contributed by atoms with Crippen molar-refractivity contribution in [1.29, 1.82) is 5.26 Å². The van der Waals surface area contributed by atoms with Crippen molar-refractivity contribution in [2.75, 3.05) is 7.11 Å². The number of hydrogen-bond acceptors (Lipinski definition) is 7. The Morgan fingerprint density at radius 3 is 2.65 bits per heavy atom. The molecule has 0 aliphatic carbocycles. The molecule has 3 aromatic carbocycles. The SMILES string of the molecule is COc1ccc(OC(=O)c2ccccc2C)c(C2C(C#N)=C(N)Oc3c2sc2ccccc32)c1. The highest BCUT2D eigenvalue weighted by atomic mass is 32.1. The molecule has 2 heterocycles. The number of nitrogens with two attached hydrogens (primary N) is 1. The summed E-state index contributed by atoms with van der Waals surface area (Å²) >= 11 is 1.52. The highest BCUT2D eigenvalue weighted by Crippen LogP contribution is 2.52. The molecule has 1 atom stereocenters. The van der Waals surface area contributed by atoms with E-state index < -0.39 is 11.9 Å². The van der Waals surface area contributed by atoms with E-state index in [1.165, 1.54) is 11.3 Å². The number of ether oxygens (including phenoxy) is 3. The van der Waals surface area contributed by atoms with Crippen LogP contribution in [0.25, 0.3) is 10.1 Å². The van der Waals surface area contributed by atoms with Crippen molar-refractivity contribution < 1.29 is 19.0 Å². The fourth-order valence-corrected chi connectivity index (χ4v) is 5.38. The van der Waals surface area contributed by atoms with Crippen LogP contribution < -0.4 is 19.9 Å². The summed E-state index contributed by atoms with van der Waals surface area (Å²) in [6, 6.07) is 22.4. The van der Waals surface area contributed by atoms with Crippen LogP contribution in [0.5, 0.6) is 17.2 Å². The van der Waals surface area contributed by atoms with Gasteiger partial charge in [0.15, 0.2) is 5.75 Å². The first-order valence-electron chi connectivity index (χ1n) is 10.6. The van der Waals surface area contributed by atoms with Gasteiger partial charge >= 0.3 is 5.97 Å². The van der Waals surface area contributed by atoms with E-state index >= 15 is 0 Å². The summed E-state index contributed by atoms with van der Waals surface area (Å²) in [4.78, 5) is 13.9. The lowest BCUT2D eigenvalue weighted by molar-refractivity contribution is 0.0732. The Bertz CT molecular complexity index is 1510. The van der Waals surface area contributed by atoms with Crippen LogP contribution in [0.1, 0.15) is 32.3 Å². The van der Waals surface area contributed by atoms with Crippen LogP contribution in [0.2, 0.25) is 0 Å². The standard InChI is InChI=1S/C27H20N2O4S/c1-15-7-3-4-8-17(15)27(30)32-21-12-11-16(31-2)13-19(21)23-20(14-28)26(29)33-24-18-9-5-6-10-22(18)34-25(23)24/h3-13,23H,29H2,1-2H3. The molecule has 6 nitrogen and oxygen atoms in total. The van der Waals surface area contributed by atoms with Gasteiger partial charge in [0.25, 0.3) is 0 Å². The van der Waals surface area contributed by atoms with Gasteiger partial charge in [-0.2, -0.15) is 5.26 Å². The molecule has 0 bridgehead atoms. The Kier molecular flexibility index (Phi) is 5.44. The molecular formula is C27H20N2O4S. The molecule has 7 heteroatoms. The summed E-state index contributed by atoms with van der Waals surface area (Å²) in [6.07, 6.45) is 0. The van der Waals surface area contributed by atoms with Gasteiger partial charge in [-0.3, -0.25) is 0 Å². The van der Waals surface area contributed by atoms with Crippen LogP contribution in [0.3, 0.4) is 0 Å². The molecule has 168 valence electrons. The molecule has 4 aromatic rings. The van der Waals surface area contributed by atoms with Gasteiger partial charge in [-0.15, -0.1) is 11.3 Å². The minimum atomic E-state index is -0.582. The molecular weight excluding hydrogens is 448 g/mol. The summed E-state index contributed by atoms with van der Waals surface area (Å²) in [5.74, 6) is 0.466. The molecule has 2 N–H and O–H groups in total. The van der Waals surface area contributed by atoms with E-state index in [2.05, 4.69) is 6.07 Å². The summed E-state index contributed by atoms with van der Waals surface area (Å²) in [7, 11) is 1.56. The Hall–Kier alpha value is -4.28. The molecule has 0 saturated heterocycles. The first-order valence-corrected chi connectivity index (χ1v) is 11.4. The number of nitriles is 1. The van der Waals surface area contributed by atoms with Gasteiger partial charge in [-0.1, -0.05) is 30.3 Å². The maximum atomic E-state index is 13.0. The monoisotopic (exact) mass is 468 g/mol. The number of carbonyl (C=O) groups excluding carboxylic acids is 1. The van der Waals surface area contributed by atoms with E-state index in [4.69, 9.17) is 19.9 Å². The molecule has 0 fully saturated rings. The van der Waals surface area contributed by atoms with Gasteiger partial charge in [-0.25, -0.2) is 4.79 Å². The predicted octanol–water partition coefficient (Wildman–Crippen LogP) is 5.66. The molecule has 0 radical (unpaired) electrons. The quantitative estimate of drug-likeness (QED) is 0.307. The maximum Gasteiger partial charge on any atom is 0.343 e. The number of benzene rings is 3. The van der Waals surface area contributed by atoms with Gasteiger partial charge < -0.3 is 19.9 Å². The first kappa shape index (κ1) is 21.6. The highest BCUT2D eigenvalue weighted by molar-refractivity contribution is 7.19. The van der Waals surface area contributed by atoms with E-state index in [0.29, 0.717) is 28.4 Å². The smallest absolute Gasteiger partial charge is 0.343 e. The molecule has 1 aliphatic rings. The van der Waals surface area contributed by atoms with Crippen molar-refractivity contribution in [3.05, 3.63) is 99.8 Å². The van der Waals surface area contributed by atoms with Crippen molar-refractivity contribution in [3.63, 3.8) is 0 Å². The zero-order valence-corrected chi connectivity index (χ0v) is 19.3. The topological polar surface area (TPSA) is 94.6 Å². The van der Waals surface area contributed by atoms with Crippen molar-refractivity contribution in [1.82, 2.24) is 0 Å². The first-order chi connectivity index (χ1) is 16.5. The van der Waals surface area contributed by atoms with Gasteiger partial charge in [0, 0.05) is 15.6 Å². The third-order valence-electron chi connectivity index (χ3n) is 5.82. The number of methoxy groups -OCH3 is 1. The van der Waals surface area contributed by atoms with E-state index in [1.807, 2.05) is 43.3 Å². The number of hydrogen-bond donors (Lipinski definition) is 1. The van der Waals surface area contributed by atoms with E-state index in [1.54, 1.807) is 37.4 Å². The molecule has 1 unspecified atom stereocenters. The van der Waals surface area contributed by atoms with Gasteiger partial charge in [0.2, 0.25) is 5.88 Å². The Morgan fingerprint density at radius 1 is 1.12 bits per heavy atom. The van der Waals surface area contributed by atoms with Crippen molar-refractivity contribution in [2.24, 2.45) is 5.73 Å². The Balaban J connectivity index is 1.69. The summed E-state index contributed by atoms with van der Waals surface area (Å²) in [5, 5.41) is 10.9. The third-order valence-corrected chi connectivity index (χ3v) is 7.04. The lowest BCUT2D eigenvalue weighted by Gasteiger charge is -2.25. The highest BCUT2D eigenvalue weighted by Gasteiger charge is 2.36. The Morgan fingerprint density at radius 2 is 1.88 bits per heavy atom. The van der Waals surface area contributed by atoms with Gasteiger partial charge in [0.05, 0.1) is 23.5 Å². The van der Waals surface area contributed by atoms with Crippen LogP contribution in [-0.2, 0) is 0 Å². The number of allylic oxidation sites excluding steroid dienone is 1. The van der Waals surface area contributed by atoms with Crippen LogP contribution >= 0.6 is 11.3 Å². The molecule has 0 spiro atoms. The van der Waals surface area contributed by atoms with Crippen molar-refractivity contribution in [2.45, 2.75) is 12.8 Å². The number of carbonyl (C=O) groups is 1. The minimum absolute atomic E-state index is 0.0301. The fourth-order valence-electron chi connectivity index (χ4n) is 4.12. The second-order valence-electron chi connectivity index (χ2n) is 7.82. The number of nitrogens with zero attached hydrogens (tertiary/aromatic N) is 1. The minimum Gasteiger partial charge on any atom is -0.497 e. The van der Waals surface area contributed by atoms with Crippen LogP contribution in [0.15, 0.2) is 78.2 Å². The predicted molar refractivity (Wildman–Crippen MR) is 130 cm³/mol. The lowest BCUT2D eigenvalue weighted by Crippen LogP contribution is -2.21. The molecule has 1 aromatic heterocycles. The number of esters is 1. The average Bonchev–Trinajstić information content (AvgIpc) is 3.22. The normalized spacial score (nSPS) is 14.8. The average molecular weight is 469 g/mol. The lowest BCUT2D eigenvalue weighted by atomic mass is 9.87. The zero-order chi connectivity index (χ0) is 23.8. The molecule has 0 amide bonds. The third kappa shape index (κ3) is 3.54. The molecule has 34 heavy (non-hydrogen) atoms. The van der Waals surface area contributed by atoms with E-state index in [9.17, 15) is 10.1 Å². The number of aryl methyl sites for hydroxylation is 1. The van der Waals surface area contributed by atoms with Gasteiger partial charge in [-0.05, 0) is 48.9 Å². The number of fused-ring (bicyclic) bond motifs is 3. The summed E-state index contributed by atoms with van der Waals surface area (Å²) in [6.45, 7) is 1.85. The van der Waals surface area contributed by atoms with Crippen LogP contribution in [-0.4, -0.2) is 13.1 Å². The van der Waals surface area contributed by atoms with Crippen molar-refractivity contribution in [3.8, 4) is 23.3 Å². The van der Waals surface area contributed by atoms with Gasteiger partial charge in [0.1, 0.15) is 23.1 Å². The second kappa shape index (κ2) is 8.58. The number of rotatable bonds is 4. The molecule has 0 saturated carbocycles. The van der Waals surface area contributed by atoms with Crippen LogP contribution in [0, 0.1) is 18.3 Å². The maximum absolute atomic E-state index is 13.0.